The summed E-state index contributed by atoms with van der Waals surface area (Å²) in [5.74, 6) is 0.816. The van der Waals surface area contributed by atoms with Crippen LogP contribution in [0.5, 0.6) is 5.75 Å². The molecule has 2 N–H and O–H groups in total. The lowest BCUT2D eigenvalue weighted by Gasteiger charge is -2.21. The van der Waals surface area contributed by atoms with Crippen LogP contribution in [0.4, 0.5) is 0 Å². The molecule has 0 unspecified atom stereocenters. The van der Waals surface area contributed by atoms with E-state index in [1.54, 1.807) is 14.2 Å². The topological polar surface area (TPSA) is 50.4 Å². The van der Waals surface area contributed by atoms with Crippen molar-refractivity contribution >= 4 is 5.91 Å². The fourth-order valence-electron chi connectivity index (χ4n) is 1.89. The number of nitrogens with one attached hydrogen (secondary N) is 2. The first-order valence-electron chi connectivity index (χ1n) is 6.51. The van der Waals surface area contributed by atoms with Crippen LogP contribution in [0.2, 0.25) is 0 Å². The molecule has 0 atom stereocenters. The summed E-state index contributed by atoms with van der Waals surface area (Å²) in [6.07, 6.45) is 1.10. The first-order chi connectivity index (χ1) is 8.88. The van der Waals surface area contributed by atoms with E-state index in [-0.39, 0.29) is 11.3 Å². The molecule has 0 radical (unpaired) electrons. The molecular weight excluding hydrogens is 240 g/mol. The molecule has 0 saturated carbocycles. The van der Waals surface area contributed by atoms with Crippen LogP contribution < -0.4 is 15.6 Å². The van der Waals surface area contributed by atoms with Crippen molar-refractivity contribution in [1.29, 1.82) is 0 Å². The molecule has 0 saturated heterocycles. The Labute approximate surface area is 115 Å². The number of methoxy groups -OCH3 is 1. The van der Waals surface area contributed by atoms with E-state index >= 15 is 0 Å². The summed E-state index contributed by atoms with van der Waals surface area (Å²) in [6, 6.07) is 6.19. The average Bonchev–Trinajstić information content (AvgIpc) is 2.35. The maximum absolute atomic E-state index is 11.5. The lowest BCUT2D eigenvalue weighted by atomic mass is 9.85. The zero-order chi connectivity index (χ0) is 14.5. The molecule has 1 aromatic rings. The first kappa shape index (κ1) is 15.5. The predicted octanol–water partition coefficient (Wildman–Crippen LogP) is 2.18. The predicted molar refractivity (Wildman–Crippen MR) is 77.2 cm³/mol. The van der Waals surface area contributed by atoms with Crippen molar-refractivity contribution in [2.45, 2.75) is 39.0 Å². The number of amides is 1. The number of aryl methyl sites for hydroxylation is 1. The molecule has 1 rings (SSSR count). The summed E-state index contributed by atoms with van der Waals surface area (Å²) in [4.78, 5) is 11.5. The summed E-state index contributed by atoms with van der Waals surface area (Å²) in [5.41, 5.74) is 7.62. The number of hydrazine groups is 1. The SMILES string of the molecule is CNNC(=O)CCc1cc(C(C)(C)C)ccc1OC. The minimum atomic E-state index is -0.0225. The molecular formula is C15H24N2O2. The minimum Gasteiger partial charge on any atom is -0.496 e. The zero-order valence-electron chi connectivity index (χ0n) is 12.5. The van der Waals surface area contributed by atoms with Gasteiger partial charge in [-0.3, -0.25) is 10.2 Å². The Bertz CT molecular complexity index is 436. The molecule has 0 heterocycles. The summed E-state index contributed by atoms with van der Waals surface area (Å²) in [6.45, 7) is 6.52. The van der Waals surface area contributed by atoms with Gasteiger partial charge in [-0.25, -0.2) is 5.43 Å². The van der Waals surface area contributed by atoms with Gasteiger partial charge in [-0.2, -0.15) is 0 Å². The average molecular weight is 264 g/mol. The third kappa shape index (κ3) is 4.56. The Morgan fingerprint density at radius 3 is 2.53 bits per heavy atom. The molecule has 4 heteroatoms. The lowest BCUT2D eigenvalue weighted by Crippen LogP contribution is -2.34. The molecule has 1 aromatic carbocycles. The Hall–Kier alpha value is -1.55. The van der Waals surface area contributed by atoms with E-state index < -0.39 is 0 Å². The van der Waals surface area contributed by atoms with Crippen LogP contribution in [0, 0.1) is 0 Å². The molecule has 106 valence electrons. The van der Waals surface area contributed by atoms with Crippen LogP contribution in [-0.2, 0) is 16.6 Å². The van der Waals surface area contributed by atoms with Crippen molar-refractivity contribution in [2.75, 3.05) is 14.2 Å². The smallest absolute Gasteiger partial charge is 0.234 e. The third-order valence-electron chi connectivity index (χ3n) is 3.03. The highest BCUT2D eigenvalue weighted by Crippen LogP contribution is 2.28. The fraction of sp³-hybridized carbons (Fsp3) is 0.533. The third-order valence-corrected chi connectivity index (χ3v) is 3.03. The van der Waals surface area contributed by atoms with E-state index in [0.717, 1.165) is 11.3 Å². The number of benzene rings is 1. The standard InChI is InChI=1S/C15H24N2O2/c1-15(2,3)12-7-8-13(19-5)11(10-12)6-9-14(18)17-16-4/h7-8,10,16H,6,9H2,1-5H3,(H,17,18). The largest absolute Gasteiger partial charge is 0.496 e. The van der Waals surface area contributed by atoms with Gasteiger partial charge in [-0.15, -0.1) is 0 Å². The number of carbonyl (C=O) groups is 1. The summed E-state index contributed by atoms with van der Waals surface area (Å²) >= 11 is 0. The molecule has 0 bridgehead atoms. The van der Waals surface area contributed by atoms with Gasteiger partial charge in [-0.1, -0.05) is 32.9 Å². The highest BCUT2D eigenvalue weighted by atomic mass is 16.5. The van der Waals surface area contributed by atoms with E-state index in [1.807, 2.05) is 6.07 Å². The van der Waals surface area contributed by atoms with Gasteiger partial charge in [0.25, 0.3) is 0 Å². The van der Waals surface area contributed by atoms with Crippen LogP contribution in [0.3, 0.4) is 0 Å². The molecule has 0 spiro atoms. The Morgan fingerprint density at radius 1 is 1.32 bits per heavy atom. The van der Waals surface area contributed by atoms with Crippen LogP contribution in [0.25, 0.3) is 0 Å². The normalized spacial score (nSPS) is 11.2. The van der Waals surface area contributed by atoms with Crippen LogP contribution >= 0.6 is 0 Å². The van der Waals surface area contributed by atoms with Crippen LogP contribution in [0.1, 0.15) is 38.3 Å². The number of hydrogen-bond donors (Lipinski definition) is 2. The van der Waals surface area contributed by atoms with E-state index in [2.05, 4.69) is 43.8 Å². The van der Waals surface area contributed by atoms with Crippen LogP contribution in [-0.4, -0.2) is 20.1 Å². The Kier molecular flexibility index (Phi) is 5.36. The molecule has 0 aliphatic carbocycles. The maximum Gasteiger partial charge on any atom is 0.234 e. The molecule has 4 nitrogen and oxygen atoms in total. The van der Waals surface area contributed by atoms with Gasteiger partial charge in [0.1, 0.15) is 5.75 Å². The van der Waals surface area contributed by atoms with Gasteiger partial charge in [0.05, 0.1) is 7.11 Å². The second-order valence-electron chi connectivity index (χ2n) is 5.57. The zero-order valence-corrected chi connectivity index (χ0v) is 12.5. The number of hydrogen-bond acceptors (Lipinski definition) is 3. The van der Waals surface area contributed by atoms with Crippen molar-refractivity contribution in [2.24, 2.45) is 0 Å². The van der Waals surface area contributed by atoms with E-state index in [9.17, 15) is 4.79 Å². The second-order valence-corrected chi connectivity index (χ2v) is 5.57. The lowest BCUT2D eigenvalue weighted by molar-refractivity contribution is -0.121. The van der Waals surface area contributed by atoms with Crippen molar-refractivity contribution < 1.29 is 9.53 Å². The van der Waals surface area contributed by atoms with E-state index in [4.69, 9.17) is 4.74 Å². The summed E-state index contributed by atoms with van der Waals surface area (Å²) < 4.78 is 5.36. The molecule has 0 aromatic heterocycles. The highest BCUT2D eigenvalue weighted by Gasteiger charge is 2.16. The second kappa shape index (κ2) is 6.57. The molecule has 19 heavy (non-hydrogen) atoms. The molecule has 0 aliphatic rings. The Morgan fingerprint density at radius 2 is 2.00 bits per heavy atom. The number of ether oxygens (including phenoxy) is 1. The maximum atomic E-state index is 11.5. The van der Waals surface area contributed by atoms with Gasteiger partial charge in [0.15, 0.2) is 0 Å². The van der Waals surface area contributed by atoms with Crippen LogP contribution in [0.15, 0.2) is 18.2 Å². The first-order valence-corrected chi connectivity index (χ1v) is 6.51. The fourth-order valence-corrected chi connectivity index (χ4v) is 1.89. The molecule has 0 aliphatic heterocycles. The minimum absolute atomic E-state index is 0.0225. The number of rotatable bonds is 5. The van der Waals surface area contributed by atoms with E-state index in [1.165, 1.54) is 5.56 Å². The van der Waals surface area contributed by atoms with E-state index in [0.29, 0.717) is 12.8 Å². The monoisotopic (exact) mass is 264 g/mol. The summed E-state index contributed by atoms with van der Waals surface area (Å²) in [7, 11) is 3.34. The highest BCUT2D eigenvalue weighted by molar-refractivity contribution is 5.75. The molecule has 0 fully saturated rings. The van der Waals surface area contributed by atoms with Gasteiger partial charge in [0.2, 0.25) is 5.91 Å². The molecule has 1 amide bonds. The van der Waals surface area contributed by atoms with Gasteiger partial charge < -0.3 is 4.74 Å². The van der Waals surface area contributed by atoms with Gasteiger partial charge in [0, 0.05) is 13.5 Å². The van der Waals surface area contributed by atoms with Gasteiger partial charge in [-0.05, 0) is 29.0 Å². The van der Waals surface area contributed by atoms with Crippen molar-refractivity contribution in [3.63, 3.8) is 0 Å². The van der Waals surface area contributed by atoms with Crippen molar-refractivity contribution in [3.05, 3.63) is 29.3 Å². The number of carbonyl (C=O) groups excluding carboxylic acids is 1. The van der Waals surface area contributed by atoms with Gasteiger partial charge >= 0.3 is 0 Å². The van der Waals surface area contributed by atoms with Crippen molar-refractivity contribution in [3.8, 4) is 5.75 Å². The summed E-state index contributed by atoms with van der Waals surface area (Å²) in [5, 5.41) is 0. The van der Waals surface area contributed by atoms with Crippen molar-refractivity contribution in [1.82, 2.24) is 10.9 Å². The Balaban J connectivity index is 2.88. The quantitative estimate of drug-likeness (QED) is 0.801.